The molecule has 1 amide bonds. The number of halogens is 2. The molecule has 2 atom stereocenters. The molecule has 0 radical (unpaired) electrons. The van der Waals surface area contributed by atoms with Crippen molar-refractivity contribution in [3.05, 3.63) is 109 Å². The summed E-state index contributed by atoms with van der Waals surface area (Å²) < 4.78 is 23.6. The van der Waals surface area contributed by atoms with Gasteiger partial charge in [0, 0.05) is 29.0 Å². The third-order valence-corrected chi connectivity index (χ3v) is 10.9. The maximum atomic E-state index is 13.8. The molecule has 2 bridgehead atoms. The van der Waals surface area contributed by atoms with Crippen LogP contribution in [0.1, 0.15) is 50.2 Å². The number of para-hydroxylation sites is 1. The number of amides is 1. The number of hydrogen-bond donors (Lipinski definition) is 1. The second-order valence-corrected chi connectivity index (χ2v) is 14.2. The second kappa shape index (κ2) is 15.9. The number of benzene rings is 2. The Morgan fingerprint density at radius 2 is 1.76 bits per heavy atom. The fourth-order valence-corrected chi connectivity index (χ4v) is 7.98. The molecule has 3 aliphatic rings. The zero-order valence-corrected chi connectivity index (χ0v) is 29.9. The Kier molecular flexibility index (Phi) is 11.3. The molecule has 264 valence electrons. The molecule has 0 saturated carbocycles. The van der Waals surface area contributed by atoms with E-state index in [0.29, 0.717) is 60.8 Å². The Labute approximate surface area is 304 Å². The summed E-state index contributed by atoms with van der Waals surface area (Å²) in [4.78, 5) is 32.4. The molecule has 1 N–H and O–H groups in total. The number of fused-ring (bicyclic) bond motifs is 3. The topological polar surface area (TPSA) is 125 Å². The van der Waals surface area contributed by atoms with E-state index < -0.39 is 18.2 Å². The number of rotatable bonds is 12. The summed E-state index contributed by atoms with van der Waals surface area (Å²) in [5.74, 6) is 0.634. The van der Waals surface area contributed by atoms with Gasteiger partial charge in [-0.15, -0.1) is 11.3 Å². The highest BCUT2D eigenvalue weighted by atomic mass is 35.5. The van der Waals surface area contributed by atoms with E-state index in [-0.39, 0.29) is 35.7 Å². The summed E-state index contributed by atoms with van der Waals surface area (Å²) in [5.41, 5.74) is 2.12. The zero-order valence-electron chi connectivity index (χ0n) is 27.6. The number of piperidine rings is 3. The summed E-state index contributed by atoms with van der Waals surface area (Å²) in [5, 5.41) is 22.3. The van der Waals surface area contributed by atoms with Crippen LogP contribution in [0.15, 0.2) is 67.0 Å². The van der Waals surface area contributed by atoms with Gasteiger partial charge in [-0.2, -0.15) is 4.73 Å². The van der Waals surface area contributed by atoms with Crippen molar-refractivity contribution in [2.75, 3.05) is 38.8 Å². The SMILES string of the molecule is COc1ccc([C@H](Cc2c(Cl)c[n+]([O-])cc2Cl)OC(=O)c2ccc(CN(C(=O)O[C@H]3CN4CCC3CC4)c3ccccc3CO)s2)cc1OC. The molecule has 7 rings (SSSR count). The van der Waals surface area contributed by atoms with Gasteiger partial charge in [-0.05, 0) is 67.7 Å². The van der Waals surface area contributed by atoms with Crippen molar-refractivity contribution in [2.45, 2.75) is 44.6 Å². The molecule has 0 aliphatic carbocycles. The van der Waals surface area contributed by atoms with Gasteiger partial charge < -0.3 is 29.3 Å². The number of aliphatic hydroxyl groups is 1. The highest BCUT2D eigenvalue weighted by Gasteiger charge is 2.38. The minimum absolute atomic E-state index is 0.0646. The van der Waals surface area contributed by atoms with Gasteiger partial charge in [0.1, 0.15) is 27.1 Å². The molecule has 2 aromatic carbocycles. The summed E-state index contributed by atoms with van der Waals surface area (Å²) in [7, 11) is 3.02. The first-order chi connectivity index (χ1) is 24.2. The molecule has 4 aromatic rings. The van der Waals surface area contributed by atoms with E-state index in [1.165, 1.54) is 42.8 Å². The number of ether oxygens (including phenoxy) is 4. The van der Waals surface area contributed by atoms with E-state index in [1.54, 1.807) is 54.6 Å². The number of esters is 1. The minimum Gasteiger partial charge on any atom is -0.619 e. The third kappa shape index (κ3) is 7.95. The quantitative estimate of drug-likeness (QED) is 0.0975. The van der Waals surface area contributed by atoms with Crippen molar-refractivity contribution in [1.82, 2.24) is 4.90 Å². The molecule has 3 fully saturated rings. The smallest absolute Gasteiger partial charge is 0.414 e. The normalized spacial score (nSPS) is 18.7. The average Bonchev–Trinajstić information content (AvgIpc) is 3.60. The molecule has 3 aliphatic heterocycles. The summed E-state index contributed by atoms with van der Waals surface area (Å²) in [6.07, 6.45) is 2.83. The number of methoxy groups -OCH3 is 2. The van der Waals surface area contributed by atoms with Crippen molar-refractivity contribution in [3.63, 3.8) is 0 Å². The predicted molar refractivity (Wildman–Crippen MR) is 189 cm³/mol. The number of thiophene rings is 1. The van der Waals surface area contributed by atoms with Crippen molar-refractivity contribution >= 4 is 52.3 Å². The molecule has 50 heavy (non-hydrogen) atoms. The van der Waals surface area contributed by atoms with Gasteiger partial charge in [-0.1, -0.05) is 47.5 Å². The molecule has 14 heteroatoms. The Morgan fingerprint density at radius 3 is 2.42 bits per heavy atom. The van der Waals surface area contributed by atoms with Crippen LogP contribution in [0.3, 0.4) is 0 Å². The minimum atomic E-state index is -0.880. The van der Waals surface area contributed by atoms with E-state index in [4.69, 9.17) is 42.1 Å². The monoisotopic (exact) mass is 741 g/mol. The highest BCUT2D eigenvalue weighted by molar-refractivity contribution is 7.14. The van der Waals surface area contributed by atoms with Gasteiger partial charge in [0.05, 0.1) is 33.1 Å². The van der Waals surface area contributed by atoms with Crippen LogP contribution in [-0.2, 0) is 29.0 Å². The largest absolute Gasteiger partial charge is 0.619 e. The zero-order chi connectivity index (χ0) is 35.4. The van der Waals surface area contributed by atoms with Gasteiger partial charge in [-0.3, -0.25) is 9.80 Å². The molecular formula is C36H37Cl2N3O8S. The Bertz CT molecular complexity index is 1820. The molecule has 3 saturated heterocycles. The molecule has 0 unspecified atom stereocenters. The molecular weight excluding hydrogens is 705 g/mol. The van der Waals surface area contributed by atoms with Crippen molar-refractivity contribution < 1.29 is 38.4 Å². The molecule has 0 spiro atoms. The first-order valence-corrected chi connectivity index (χ1v) is 17.7. The van der Waals surface area contributed by atoms with E-state index in [0.717, 1.165) is 25.9 Å². The number of carbonyl (C=O) groups is 2. The molecule has 11 nitrogen and oxygen atoms in total. The van der Waals surface area contributed by atoms with Gasteiger partial charge in [0.15, 0.2) is 23.9 Å². The lowest BCUT2D eigenvalue weighted by Gasteiger charge is -2.44. The third-order valence-electron chi connectivity index (χ3n) is 9.17. The lowest BCUT2D eigenvalue weighted by atomic mass is 9.86. The van der Waals surface area contributed by atoms with Crippen LogP contribution >= 0.6 is 34.5 Å². The maximum absolute atomic E-state index is 13.8. The Hall–Kier alpha value is -4.07. The average molecular weight is 743 g/mol. The van der Waals surface area contributed by atoms with Crippen molar-refractivity contribution in [2.24, 2.45) is 5.92 Å². The number of carbonyl (C=O) groups excluding carboxylic acids is 2. The number of aliphatic hydroxyl groups excluding tert-OH is 1. The number of hydrogen-bond acceptors (Lipinski definition) is 10. The lowest BCUT2D eigenvalue weighted by Crippen LogP contribution is -2.53. The van der Waals surface area contributed by atoms with E-state index in [1.807, 2.05) is 0 Å². The van der Waals surface area contributed by atoms with Crippen LogP contribution in [0, 0.1) is 11.1 Å². The van der Waals surface area contributed by atoms with Crippen LogP contribution in [-0.4, -0.2) is 62.0 Å². The first-order valence-electron chi connectivity index (χ1n) is 16.1. The summed E-state index contributed by atoms with van der Waals surface area (Å²) in [6.45, 7) is 2.59. The number of anilines is 1. The van der Waals surface area contributed by atoms with Gasteiger partial charge in [0.2, 0.25) is 0 Å². The second-order valence-electron chi connectivity index (χ2n) is 12.2. The number of aromatic nitrogens is 1. The van der Waals surface area contributed by atoms with E-state index in [2.05, 4.69) is 4.90 Å². The van der Waals surface area contributed by atoms with Crippen LogP contribution in [0.2, 0.25) is 10.0 Å². The fraction of sp³-hybridized carbons (Fsp3) is 0.361. The van der Waals surface area contributed by atoms with Gasteiger partial charge in [-0.25, -0.2) is 9.59 Å². The molecule has 5 heterocycles. The van der Waals surface area contributed by atoms with Gasteiger partial charge >= 0.3 is 12.1 Å². The lowest BCUT2D eigenvalue weighted by molar-refractivity contribution is -0.605. The van der Waals surface area contributed by atoms with Crippen LogP contribution in [0.5, 0.6) is 11.5 Å². The van der Waals surface area contributed by atoms with Crippen LogP contribution in [0.4, 0.5) is 10.5 Å². The van der Waals surface area contributed by atoms with Crippen molar-refractivity contribution in [3.8, 4) is 11.5 Å². The number of pyridine rings is 1. The van der Waals surface area contributed by atoms with E-state index >= 15 is 0 Å². The maximum Gasteiger partial charge on any atom is 0.414 e. The van der Waals surface area contributed by atoms with E-state index in [9.17, 15) is 19.9 Å². The first kappa shape index (κ1) is 35.7. The summed E-state index contributed by atoms with van der Waals surface area (Å²) >= 11 is 14.0. The number of nitrogens with zero attached hydrogens (tertiary/aromatic N) is 3. The standard InChI is InChI=1S/C36H37Cl2N3O8S/c1-46-30-9-7-23(15-32(30)47-2)31(16-26-27(37)18-40(45)19-28(26)38)48-35(43)34-10-8-25(50-34)17-41(29-6-4-3-5-24(29)21-42)36(44)49-33-20-39-13-11-22(33)12-14-39/h3-10,15,18-19,22,31,33,42H,11-14,16-17,20-21H2,1-2H3/t31-,33-/m0/s1. The Balaban J connectivity index is 1.25. The predicted octanol–water partition coefficient (Wildman–Crippen LogP) is 6.58. The van der Waals surface area contributed by atoms with Crippen molar-refractivity contribution in [1.29, 1.82) is 0 Å². The van der Waals surface area contributed by atoms with Crippen LogP contribution < -0.4 is 19.1 Å². The Morgan fingerprint density at radius 1 is 1.04 bits per heavy atom. The molecule has 2 aromatic heterocycles. The van der Waals surface area contributed by atoms with Crippen LogP contribution in [0.25, 0.3) is 0 Å². The van der Waals surface area contributed by atoms with Gasteiger partial charge in [0.25, 0.3) is 0 Å². The summed E-state index contributed by atoms with van der Waals surface area (Å²) in [6, 6.07) is 15.7. The highest BCUT2D eigenvalue weighted by Crippen LogP contribution is 2.37. The fourth-order valence-electron chi connectivity index (χ4n) is 6.50.